The minimum absolute atomic E-state index is 0.0534. The second kappa shape index (κ2) is 11.9. The number of aromatic hydroxyl groups is 3. The van der Waals surface area contributed by atoms with Crippen LogP contribution in [-0.4, -0.2) is 61.8 Å². The molecule has 0 radical (unpaired) electrons. The number of phenolic OH excluding ortho intramolecular Hbond substituents is 3. The lowest BCUT2D eigenvalue weighted by atomic mass is 9.57. The number of phenols is 3. The topological polar surface area (TPSA) is 135 Å². The number of likely N-dealkylation sites (tertiary alicyclic amines) is 2. The zero-order chi connectivity index (χ0) is 34.0. The molecule has 2 saturated heterocycles. The van der Waals surface area contributed by atoms with Crippen LogP contribution in [0.15, 0.2) is 96.6 Å². The summed E-state index contributed by atoms with van der Waals surface area (Å²) in [6.45, 7) is 0.380. The number of carbonyl (C=O) groups is 4. The molecule has 6 unspecified atom stereocenters. The van der Waals surface area contributed by atoms with Crippen molar-refractivity contribution in [3.05, 3.63) is 113 Å². The van der Waals surface area contributed by atoms with Crippen molar-refractivity contribution in [3.8, 4) is 17.2 Å². The summed E-state index contributed by atoms with van der Waals surface area (Å²) in [6.07, 6.45) is 3.47. The second-order valence-electron chi connectivity index (χ2n) is 13.7. The smallest absolute Gasteiger partial charge is 0.234 e. The summed E-state index contributed by atoms with van der Waals surface area (Å²) >= 11 is 0. The third-order valence-electron chi connectivity index (χ3n) is 11.2. The van der Waals surface area contributed by atoms with E-state index in [-0.39, 0.29) is 60.4 Å². The summed E-state index contributed by atoms with van der Waals surface area (Å²) in [5, 5.41) is 32.6. The van der Waals surface area contributed by atoms with Gasteiger partial charge in [-0.3, -0.25) is 29.0 Å². The third-order valence-corrected chi connectivity index (χ3v) is 11.2. The summed E-state index contributed by atoms with van der Waals surface area (Å²) in [7, 11) is 0. The van der Waals surface area contributed by atoms with Crippen LogP contribution in [0, 0.1) is 29.6 Å². The van der Waals surface area contributed by atoms with Gasteiger partial charge in [-0.25, -0.2) is 0 Å². The van der Waals surface area contributed by atoms with Crippen molar-refractivity contribution in [3.63, 3.8) is 0 Å². The van der Waals surface area contributed by atoms with Crippen molar-refractivity contribution in [2.45, 2.75) is 31.6 Å². The summed E-state index contributed by atoms with van der Waals surface area (Å²) in [6, 6.07) is 24.6. The lowest BCUT2D eigenvalue weighted by Gasteiger charge is -2.44. The fourth-order valence-corrected chi connectivity index (χ4v) is 8.84. The predicted octanol–water partition coefficient (Wildman–Crippen LogP) is 5.08. The maximum absolute atomic E-state index is 14.3. The minimum atomic E-state index is -0.753. The van der Waals surface area contributed by atoms with E-state index < -0.39 is 35.5 Å². The monoisotopic (exact) mass is 656 g/mol. The standard InChI is InChI=1S/C40H36N2O7/c43-25-10-5-22(6-11-25)17-19-41-37(46)30-16-15-28-31(34(30)39(41)48)21-32-35(33(28)29-14-9-24-3-1-2-4-27(24)36(29)45)40(49)42(38(32)47)20-18-23-7-12-26(44)13-8-23/h1-15,30-35,43-45H,16-21H2. The molecule has 6 atom stereocenters. The molecule has 2 aliphatic carbocycles. The molecule has 0 bridgehead atoms. The number of carbonyl (C=O) groups excluding carboxylic acids is 4. The van der Waals surface area contributed by atoms with Gasteiger partial charge in [-0.05, 0) is 72.4 Å². The van der Waals surface area contributed by atoms with E-state index in [2.05, 4.69) is 0 Å². The van der Waals surface area contributed by atoms with Gasteiger partial charge >= 0.3 is 0 Å². The molecule has 1 saturated carbocycles. The highest BCUT2D eigenvalue weighted by molar-refractivity contribution is 6.08. The number of benzene rings is 4. The Hall–Kier alpha value is -5.44. The highest BCUT2D eigenvalue weighted by atomic mass is 16.3. The van der Waals surface area contributed by atoms with E-state index >= 15 is 0 Å². The molecule has 4 amide bonds. The van der Waals surface area contributed by atoms with E-state index in [4.69, 9.17) is 0 Å². The van der Waals surface area contributed by atoms with Crippen molar-refractivity contribution in [2.24, 2.45) is 29.6 Å². The summed E-state index contributed by atoms with van der Waals surface area (Å²) in [4.78, 5) is 59.0. The quantitative estimate of drug-likeness (QED) is 0.187. The first-order valence-corrected chi connectivity index (χ1v) is 16.9. The van der Waals surface area contributed by atoms with Crippen LogP contribution in [0.3, 0.4) is 0 Å². The Balaban J connectivity index is 1.15. The van der Waals surface area contributed by atoms with Crippen molar-refractivity contribution < 1.29 is 34.5 Å². The molecular formula is C40H36N2O7. The third kappa shape index (κ3) is 5.07. The van der Waals surface area contributed by atoms with E-state index in [0.29, 0.717) is 30.2 Å². The van der Waals surface area contributed by atoms with Crippen LogP contribution in [0.1, 0.15) is 35.4 Å². The number of rotatable bonds is 7. The molecule has 49 heavy (non-hydrogen) atoms. The number of amides is 4. The highest BCUT2D eigenvalue weighted by Crippen LogP contribution is 2.59. The fourth-order valence-electron chi connectivity index (χ4n) is 8.84. The molecule has 4 aromatic carbocycles. The maximum atomic E-state index is 14.3. The summed E-state index contributed by atoms with van der Waals surface area (Å²) < 4.78 is 0. The second-order valence-corrected chi connectivity index (χ2v) is 13.7. The van der Waals surface area contributed by atoms with Crippen LogP contribution < -0.4 is 0 Å². The van der Waals surface area contributed by atoms with Crippen molar-refractivity contribution in [2.75, 3.05) is 13.1 Å². The highest BCUT2D eigenvalue weighted by Gasteiger charge is 2.62. The first kappa shape index (κ1) is 30.9. The summed E-state index contributed by atoms with van der Waals surface area (Å²) in [5.41, 5.74) is 3.15. The number of hydrogen-bond donors (Lipinski definition) is 3. The molecule has 4 aromatic rings. The molecular weight excluding hydrogens is 620 g/mol. The fraction of sp³-hybridized carbons (Fsp3) is 0.300. The number of imide groups is 2. The van der Waals surface area contributed by atoms with Gasteiger partial charge in [-0.2, -0.15) is 0 Å². The zero-order valence-electron chi connectivity index (χ0n) is 26.7. The minimum Gasteiger partial charge on any atom is -0.508 e. The summed E-state index contributed by atoms with van der Waals surface area (Å²) in [5.74, 6) is -4.50. The molecule has 8 rings (SSSR count). The SMILES string of the molecule is O=C1C2CC=C3C(CC4C(=O)N(CCc5ccc(O)cc5)C(=O)C4C3c3ccc4ccccc4c3O)C2C(=O)N1CCc1ccc(O)cc1. The Morgan fingerprint density at radius 3 is 1.80 bits per heavy atom. The Labute approximate surface area is 283 Å². The van der Waals surface area contributed by atoms with Crippen LogP contribution in [0.25, 0.3) is 10.8 Å². The maximum Gasteiger partial charge on any atom is 0.234 e. The van der Waals surface area contributed by atoms with Gasteiger partial charge in [0.15, 0.2) is 0 Å². The van der Waals surface area contributed by atoms with Gasteiger partial charge < -0.3 is 15.3 Å². The predicted molar refractivity (Wildman–Crippen MR) is 180 cm³/mol. The van der Waals surface area contributed by atoms with Gasteiger partial charge in [-0.1, -0.05) is 72.3 Å². The van der Waals surface area contributed by atoms with E-state index in [1.807, 2.05) is 42.5 Å². The van der Waals surface area contributed by atoms with E-state index in [0.717, 1.165) is 22.1 Å². The normalized spacial score (nSPS) is 26.2. The molecule has 2 heterocycles. The molecule has 0 spiro atoms. The van der Waals surface area contributed by atoms with Gasteiger partial charge in [-0.15, -0.1) is 0 Å². The number of allylic oxidation sites excluding steroid dienone is 2. The van der Waals surface area contributed by atoms with Crippen LogP contribution >= 0.6 is 0 Å². The molecule has 9 nitrogen and oxygen atoms in total. The average Bonchev–Trinajstić information content (AvgIpc) is 3.50. The van der Waals surface area contributed by atoms with Crippen molar-refractivity contribution >= 4 is 34.4 Å². The molecule has 4 aliphatic rings. The van der Waals surface area contributed by atoms with Gasteiger partial charge in [0.1, 0.15) is 17.2 Å². The number of fused-ring (bicyclic) bond motifs is 5. The Morgan fingerprint density at radius 2 is 1.16 bits per heavy atom. The van der Waals surface area contributed by atoms with Crippen LogP contribution in [0.4, 0.5) is 0 Å². The molecule has 9 heteroatoms. The van der Waals surface area contributed by atoms with Crippen LogP contribution in [0.2, 0.25) is 0 Å². The van der Waals surface area contributed by atoms with Crippen molar-refractivity contribution in [1.29, 1.82) is 0 Å². The molecule has 3 fully saturated rings. The lowest BCUT2D eigenvalue weighted by molar-refractivity contribution is -0.142. The Kier molecular flexibility index (Phi) is 7.50. The lowest BCUT2D eigenvalue weighted by Crippen LogP contribution is -2.43. The number of hydrogen-bond acceptors (Lipinski definition) is 7. The van der Waals surface area contributed by atoms with Crippen LogP contribution in [-0.2, 0) is 32.0 Å². The van der Waals surface area contributed by atoms with Gasteiger partial charge in [0, 0.05) is 30.0 Å². The van der Waals surface area contributed by atoms with E-state index in [9.17, 15) is 34.5 Å². The number of nitrogens with zero attached hydrogens (tertiary/aromatic N) is 2. The molecule has 0 aromatic heterocycles. The first-order valence-electron chi connectivity index (χ1n) is 16.9. The zero-order valence-corrected chi connectivity index (χ0v) is 26.7. The Morgan fingerprint density at radius 1 is 0.592 bits per heavy atom. The van der Waals surface area contributed by atoms with E-state index in [1.54, 1.807) is 48.5 Å². The largest absolute Gasteiger partial charge is 0.508 e. The van der Waals surface area contributed by atoms with E-state index in [1.165, 1.54) is 9.80 Å². The molecule has 2 aliphatic heterocycles. The first-order chi connectivity index (χ1) is 23.7. The average molecular weight is 657 g/mol. The Bertz CT molecular complexity index is 2040. The molecule has 248 valence electrons. The van der Waals surface area contributed by atoms with Gasteiger partial charge in [0.05, 0.1) is 23.7 Å². The van der Waals surface area contributed by atoms with Crippen molar-refractivity contribution in [1.82, 2.24) is 9.80 Å². The molecule has 3 N–H and O–H groups in total. The van der Waals surface area contributed by atoms with Crippen LogP contribution in [0.5, 0.6) is 17.2 Å². The van der Waals surface area contributed by atoms with Gasteiger partial charge in [0.25, 0.3) is 0 Å². The van der Waals surface area contributed by atoms with Gasteiger partial charge in [0.2, 0.25) is 23.6 Å².